The molecule has 0 spiro atoms. The van der Waals surface area contributed by atoms with Gasteiger partial charge in [-0.1, -0.05) is 34.8 Å². The fourth-order valence-electron chi connectivity index (χ4n) is 0.259. The Labute approximate surface area is 73.4 Å². The highest BCUT2D eigenvalue weighted by Gasteiger charge is 2.31. The summed E-state index contributed by atoms with van der Waals surface area (Å²) in [6, 6.07) is 0. The number of aliphatic hydroxyl groups is 2. The fourth-order valence-corrected chi connectivity index (χ4v) is 0.448. The molecule has 0 aliphatic rings. The summed E-state index contributed by atoms with van der Waals surface area (Å²) in [5.41, 5.74) is 0. The zero-order chi connectivity index (χ0) is 8.20. The Morgan fingerprint density at radius 3 is 2.20 bits per heavy atom. The Kier molecular flexibility index (Phi) is 4.94. The van der Waals surface area contributed by atoms with Crippen molar-refractivity contribution in [2.75, 3.05) is 13.2 Å². The van der Waals surface area contributed by atoms with E-state index in [2.05, 4.69) is 4.74 Å². The van der Waals surface area contributed by atoms with E-state index in [9.17, 15) is 0 Å². The summed E-state index contributed by atoms with van der Waals surface area (Å²) >= 11 is 15.6. The van der Waals surface area contributed by atoms with Crippen LogP contribution in [0.5, 0.6) is 0 Å². The summed E-state index contributed by atoms with van der Waals surface area (Å²) < 4.78 is 2.61. The Morgan fingerprint density at radius 1 is 1.40 bits per heavy atom. The maximum absolute atomic E-state index is 8.79. The molecule has 0 rings (SSSR count). The first-order valence-corrected chi connectivity index (χ1v) is 3.59. The molecule has 0 aliphatic heterocycles. The van der Waals surface area contributed by atoms with E-state index in [0.29, 0.717) is 0 Å². The maximum atomic E-state index is 8.79. The van der Waals surface area contributed by atoms with Crippen molar-refractivity contribution in [2.45, 2.75) is 10.1 Å². The van der Waals surface area contributed by atoms with Crippen LogP contribution in [-0.2, 0) is 4.74 Å². The lowest BCUT2D eigenvalue weighted by molar-refractivity contribution is -0.103. The highest BCUT2D eigenvalue weighted by atomic mass is 35.6. The van der Waals surface area contributed by atoms with Crippen LogP contribution in [0.4, 0.5) is 0 Å². The lowest BCUT2D eigenvalue weighted by Gasteiger charge is -2.18. The van der Waals surface area contributed by atoms with Crippen molar-refractivity contribution in [3.63, 3.8) is 0 Å². The van der Waals surface area contributed by atoms with Gasteiger partial charge >= 0.3 is 0 Å². The van der Waals surface area contributed by atoms with Crippen molar-refractivity contribution in [3.05, 3.63) is 0 Å². The second-order valence-electron chi connectivity index (χ2n) is 1.49. The minimum atomic E-state index is -1.85. The van der Waals surface area contributed by atoms with Gasteiger partial charge < -0.3 is 14.9 Å². The summed E-state index contributed by atoms with van der Waals surface area (Å²) in [6.07, 6.45) is -1.50. The number of rotatable bonds is 3. The third kappa shape index (κ3) is 4.55. The molecule has 2 N–H and O–H groups in total. The Hall–Kier alpha value is 0.750. The smallest absolute Gasteiger partial charge is 0.240 e. The number of ether oxygens (including phenoxy) is 1. The van der Waals surface area contributed by atoms with Gasteiger partial charge in [-0.15, -0.1) is 0 Å². The molecular weight excluding hydrogens is 202 g/mol. The van der Waals surface area contributed by atoms with E-state index in [-0.39, 0.29) is 13.2 Å². The van der Waals surface area contributed by atoms with Crippen molar-refractivity contribution in [3.8, 4) is 0 Å². The molecule has 0 fully saturated rings. The van der Waals surface area contributed by atoms with Crippen molar-refractivity contribution in [1.82, 2.24) is 0 Å². The van der Waals surface area contributed by atoms with Gasteiger partial charge in [0.2, 0.25) is 10.1 Å². The van der Waals surface area contributed by atoms with Gasteiger partial charge in [0.15, 0.2) is 0 Å². The van der Waals surface area contributed by atoms with Crippen molar-refractivity contribution < 1.29 is 14.9 Å². The van der Waals surface area contributed by atoms with E-state index in [1.165, 1.54) is 0 Å². The van der Waals surface area contributed by atoms with Crippen LogP contribution in [0.1, 0.15) is 0 Å². The summed E-state index contributed by atoms with van der Waals surface area (Å²) in [4.78, 5) is 0. The number of alkyl halides is 3. The van der Waals surface area contributed by atoms with Crippen molar-refractivity contribution in [1.29, 1.82) is 0 Å². The van der Waals surface area contributed by atoms with Crippen LogP contribution >= 0.6 is 34.8 Å². The van der Waals surface area contributed by atoms with Gasteiger partial charge in [0.1, 0.15) is 0 Å². The predicted octanol–water partition coefficient (Wildman–Crippen LogP) is 0.684. The van der Waals surface area contributed by atoms with Crippen molar-refractivity contribution in [2.24, 2.45) is 0 Å². The number of hydrogen-bond acceptors (Lipinski definition) is 3. The van der Waals surface area contributed by atoms with Gasteiger partial charge in [0.05, 0.1) is 13.2 Å². The van der Waals surface area contributed by atoms with E-state index in [1.807, 2.05) is 0 Å². The van der Waals surface area contributed by atoms with E-state index in [4.69, 9.17) is 45.0 Å². The molecule has 0 aromatic heterocycles. The average Bonchev–Trinajstić information content (AvgIpc) is 1.80. The number of hydrogen-bond donors (Lipinski definition) is 2. The zero-order valence-corrected chi connectivity index (χ0v) is 7.20. The first kappa shape index (κ1) is 10.8. The Balaban J connectivity index is 3.52. The Morgan fingerprint density at radius 2 is 1.90 bits per heavy atom. The molecule has 1 atom stereocenters. The molecule has 3 nitrogen and oxygen atoms in total. The minimum Gasteiger partial charge on any atom is -0.394 e. The lowest BCUT2D eigenvalue weighted by Crippen LogP contribution is -2.29. The van der Waals surface area contributed by atoms with Crippen LogP contribution in [0.15, 0.2) is 0 Å². The number of halogens is 3. The molecule has 0 aliphatic carbocycles. The van der Waals surface area contributed by atoms with Crippen LogP contribution < -0.4 is 0 Å². The standard InChI is InChI=1S/C4H7Cl3O3/c5-4(6,7)3(9)10-2-1-8/h3,8-9H,1-2H2. The molecule has 0 aromatic carbocycles. The first-order valence-electron chi connectivity index (χ1n) is 2.45. The third-order valence-corrected chi connectivity index (χ3v) is 1.21. The SMILES string of the molecule is OCCOC(O)C(Cl)(Cl)Cl. The molecule has 1 unspecified atom stereocenters. The largest absolute Gasteiger partial charge is 0.394 e. The molecular formula is C4H7Cl3O3. The van der Waals surface area contributed by atoms with E-state index in [0.717, 1.165) is 0 Å². The van der Waals surface area contributed by atoms with Crippen LogP contribution in [0, 0.1) is 0 Å². The Bertz CT molecular complexity index is 92.2. The third-order valence-electron chi connectivity index (χ3n) is 0.647. The summed E-state index contributed by atoms with van der Waals surface area (Å²) in [5.74, 6) is 0. The lowest BCUT2D eigenvalue weighted by atomic mass is 10.7. The van der Waals surface area contributed by atoms with Crippen LogP contribution in [0.25, 0.3) is 0 Å². The van der Waals surface area contributed by atoms with Gasteiger partial charge in [-0.25, -0.2) is 0 Å². The van der Waals surface area contributed by atoms with Gasteiger partial charge in [-0.3, -0.25) is 0 Å². The summed E-state index contributed by atoms with van der Waals surface area (Å²) in [6.45, 7) is -0.285. The molecule has 6 heteroatoms. The molecule has 0 aromatic rings. The highest BCUT2D eigenvalue weighted by molar-refractivity contribution is 6.67. The fraction of sp³-hybridized carbons (Fsp3) is 1.00. The maximum Gasteiger partial charge on any atom is 0.240 e. The van der Waals surface area contributed by atoms with Gasteiger partial charge in [-0.2, -0.15) is 0 Å². The minimum absolute atomic E-state index is 0.0604. The second-order valence-corrected chi connectivity index (χ2v) is 3.86. The molecule has 0 saturated heterocycles. The van der Waals surface area contributed by atoms with Gasteiger partial charge in [-0.05, 0) is 0 Å². The van der Waals surface area contributed by atoms with Crippen molar-refractivity contribution >= 4 is 34.8 Å². The monoisotopic (exact) mass is 208 g/mol. The second kappa shape index (κ2) is 4.59. The van der Waals surface area contributed by atoms with Gasteiger partial charge in [0, 0.05) is 0 Å². The molecule has 0 amide bonds. The molecule has 62 valence electrons. The molecule has 0 radical (unpaired) electrons. The topological polar surface area (TPSA) is 49.7 Å². The van der Waals surface area contributed by atoms with E-state index in [1.54, 1.807) is 0 Å². The van der Waals surface area contributed by atoms with Crippen LogP contribution in [-0.4, -0.2) is 33.5 Å². The molecule has 10 heavy (non-hydrogen) atoms. The summed E-state index contributed by atoms with van der Waals surface area (Å²) in [5, 5.41) is 17.0. The summed E-state index contributed by atoms with van der Waals surface area (Å²) in [7, 11) is 0. The zero-order valence-electron chi connectivity index (χ0n) is 4.93. The van der Waals surface area contributed by atoms with Crippen LogP contribution in [0.2, 0.25) is 0 Å². The van der Waals surface area contributed by atoms with Gasteiger partial charge in [0.25, 0.3) is 0 Å². The van der Waals surface area contributed by atoms with E-state index >= 15 is 0 Å². The average molecular weight is 209 g/mol. The first-order chi connectivity index (χ1) is 4.48. The van der Waals surface area contributed by atoms with E-state index < -0.39 is 10.1 Å². The molecule has 0 heterocycles. The highest BCUT2D eigenvalue weighted by Crippen LogP contribution is 2.30. The number of aliphatic hydroxyl groups excluding tert-OH is 2. The molecule has 0 bridgehead atoms. The normalized spacial score (nSPS) is 15.3. The van der Waals surface area contributed by atoms with Crippen LogP contribution in [0.3, 0.4) is 0 Å². The molecule has 0 saturated carbocycles. The predicted molar refractivity (Wildman–Crippen MR) is 39.3 cm³/mol. The quantitative estimate of drug-likeness (QED) is 0.531.